The second-order valence-electron chi connectivity index (χ2n) is 5.98. The number of thiazole rings is 1. The van der Waals surface area contributed by atoms with Crippen LogP contribution in [-0.4, -0.2) is 17.4 Å². The van der Waals surface area contributed by atoms with Gasteiger partial charge in [0.25, 0.3) is 0 Å². The van der Waals surface area contributed by atoms with E-state index in [1.807, 2.05) is 53.9 Å². The van der Waals surface area contributed by atoms with Crippen LogP contribution in [0.15, 0.2) is 63.4 Å². The standard InChI is InChI=1S/C20H18BrN3OS/c21-15-8-2-4-10-18(15)25-17-9-3-1-7-14(17)16-13-26-20(23-16)24-19-11-5-6-12-22-19/h1-4,7-10,13H,5-6,11-12H2,(H,22,23,24). The predicted octanol–water partition coefficient (Wildman–Crippen LogP) is 6.36. The molecule has 0 fully saturated rings. The molecule has 26 heavy (non-hydrogen) atoms. The van der Waals surface area contributed by atoms with Gasteiger partial charge in [-0.25, -0.2) is 4.98 Å². The highest BCUT2D eigenvalue weighted by Crippen LogP contribution is 2.37. The van der Waals surface area contributed by atoms with E-state index in [4.69, 9.17) is 9.72 Å². The summed E-state index contributed by atoms with van der Waals surface area (Å²) in [7, 11) is 0. The normalized spacial score (nSPS) is 14.0. The van der Waals surface area contributed by atoms with Crippen molar-refractivity contribution in [3.8, 4) is 22.8 Å². The number of aromatic nitrogens is 1. The molecule has 1 aliphatic rings. The summed E-state index contributed by atoms with van der Waals surface area (Å²) in [4.78, 5) is 9.27. The van der Waals surface area contributed by atoms with Crippen molar-refractivity contribution in [1.29, 1.82) is 0 Å². The monoisotopic (exact) mass is 427 g/mol. The molecule has 6 heteroatoms. The lowest BCUT2D eigenvalue weighted by Gasteiger charge is -2.12. The van der Waals surface area contributed by atoms with Crippen LogP contribution in [0.3, 0.4) is 0 Å². The van der Waals surface area contributed by atoms with Gasteiger partial charge >= 0.3 is 0 Å². The SMILES string of the molecule is Brc1ccccc1Oc1ccccc1-c1csc(NC2=NCCCC2)n1. The zero-order valence-corrected chi connectivity index (χ0v) is 16.5. The number of nitrogens with one attached hydrogen (secondary N) is 1. The van der Waals surface area contributed by atoms with Crippen molar-refractivity contribution >= 4 is 38.2 Å². The Bertz CT molecular complexity index is 938. The Labute approximate surface area is 165 Å². The predicted molar refractivity (Wildman–Crippen MR) is 112 cm³/mol. The van der Waals surface area contributed by atoms with Gasteiger partial charge in [-0.15, -0.1) is 11.3 Å². The van der Waals surface area contributed by atoms with Crippen molar-refractivity contribution < 1.29 is 4.74 Å². The lowest BCUT2D eigenvalue weighted by molar-refractivity contribution is 0.481. The van der Waals surface area contributed by atoms with E-state index in [0.29, 0.717) is 0 Å². The molecule has 0 bridgehead atoms. The number of benzene rings is 2. The van der Waals surface area contributed by atoms with E-state index >= 15 is 0 Å². The Balaban J connectivity index is 1.58. The number of rotatable bonds is 4. The molecule has 0 spiro atoms. The van der Waals surface area contributed by atoms with Crippen molar-refractivity contribution in [2.24, 2.45) is 4.99 Å². The van der Waals surface area contributed by atoms with Gasteiger partial charge in [-0.2, -0.15) is 0 Å². The van der Waals surface area contributed by atoms with Crippen molar-refractivity contribution in [3.63, 3.8) is 0 Å². The molecule has 4 rings (SSSR count). The number of halogens is 1. The maximum absolute atomic E-state index is 6.13. The van der Waals surface area contributed by atoms with Gasteiger partial charge in [-0.05, 0) is 53.0 Å². The number of hydrogen-bond donors (Lipinski definition) is 1. The molecule has 4 nitrogen and oxygen atoms in total. The molecule has 1 aromatic heterocycles. The molecule has 0 amide bonds. The molecule has 0 saturated heterocycles. The molecule has 1 N–H and O–H groups in total. The average molecular weight is 428 g/mol. The lowest BCUT2D eigenvalue weighted by Crippen LogP contribution is -2.15. The van der Waals surface area contributed by atoms with E-state index in [9.17, 15) is 0 Å². The fourth-order valence-corrected chi connectivity index (χ4v) is 3.89. The maximum Gasteiger partial charge on any atom is 0.188 e. The topological polar surface area (TPSA) is 46.5 Å². The number of hydrogen-bond acceptors (Lipinski definition) is 5. The molecular formula is C20H18BrN3OS. The molecular weight excluding hydrogens is 410 g/mol. The second kappa shape index (κ2) is 8.01. The number of ether oxygens (including phenoxy) is 1. The molecule has 1 aliphatic heterocycles. The first-order chi connectivity index (χ1) is 12.8. The number of amidine groups is 1. The van der Waals surface area contributed by atoms with Crippen LogP contribution < -0.4 is 10.1 Å². The smallest absolute Gasteiger partial charge is 0.188 e. The maximum atomic E-state index is 6.13. The van der Waals surface area contributed by atoms with Crippen LogP contribution in [0.4, 0.5) is 5.13 Å². The summed E-state index contributed by atoms with van der Waals surface area (Å²) in [5.74, 6) is 2.60. The van der Waals surface area contributed by atoms with Gasteiger partial charge in [0, 0.05) is 23.9 Å². The van der Waals surface area contributed by atoms with Gasteiger partial charge in [0.05, 0.1) is 10.2 Å². The van der Waals surface area contributed by atoms with E-state index < -0.39 is 0 Å². The Morgan fingerprint density at radius 2 is 1.81 bits per heavy atom. The first-order valence-corrected chi connectivity index (χ1v) is 10.2. The van der Waals surface area contributed by atoms with Gasteiger partial charge in [-0.1, -0.05) is 24.3 Å². The summed E-state index contributed by atoms with van der Waals surface area (Å²) in [5.41, 5.74) is 1.87. The summed E-state index contributed by atoms with van der Waals surface area (Å²) < 4.78 is 7.05. The minimum Gasteiger partial charge on any atom is -0.455 e. The van der Waals surface area contributed by atoms with Crippen LogP contribution >= 0.6 is 27.3 Å². The highest BCUT2D eigenvalue weighted by atomic mass is 79.9. The number of aliphatic imine (C=N–C) groups is 1. The van der Waals surface area contributed by atoms with E-state index in [1.54, 1.807) is 11.3 Å². The van der Waals surface area contributed by atoms with Crippen LogP contribution in [0, 0.1) is 0 Å². The minimum absolute atomic E-state index is 0.782. The second-order valence-corrected chi connectivity index (χ2v) is 7.69. The van der Waals surface area contributed by atoms with Crippen molar-refractivity contribution in [2.45, 2.75) is 19.3 Å². The number of para-hydroxylation sites is 2. The van der Waals surface area contributed by atoms with Crippen molar-refractivity contribution in [3.05, 3.63) is 58.4 Å². The lowest BCUT2D eigenvalue weighted by atomic mass is 10.1. The fraction of sp³-hybridized carbons (Fsp3) is 0.200. The zero-order chi connectivity index (χ0) is 17.8. The molecule has 3 aromatic rings. The van der Waals surface area contributed by atoms with Crippen LogP contribution in [-0.2, 0) is 0 Å². The first-order valence-electron chi connectivity index (χ1n) is 8.57. The summed E-state index contributed by atoms with van der Waals surface area (Å²) in [6.07, 6.45) is 3.36. The number of nitrogens with zero attached hydrogens (tertiary/aromatic N) is 2. The molecule has 0 radical (unpaired) electrons. The van der Waals surface area contributed by atoms with E-state index in [0.717, 1.165) is 51.2 Å². The van der Waals surface area contributed by atoms with Gasteiger partial charge in [0.1, 0.15) is 17.3 Å². The van der Waals surface area contributed by atoms with Crippen LogP contribution in [0.25, 0.3) is 11.3 Å². The summed E-state index contributed by atoms with van der Waals surface area (Å²) >= 11 is 5.12. The van der Waals surface area contributed by atoms with Crippen LogP contribution in [0.1, 0.15) is 19.3 Å². The molecule has 0 saturated carbocycles. The van der Waals surface area contributed by atoms with Crippen LogP contribution in [0.2, 0.25) is 0 Å². The van der Waals surface area contributed by atoms with Gasteiger partial charge in [0.15, 0.2) is 5.13 Å². The fourth-order valence-electron chi connectivity index (χ4n) is 2.79. The van der Waals surface area contributed by atoms with Gasteiger partial charge in [0.2, 0.25) is 0 Å². The third-order valence-corrected chi connectivity index (χ3v) is 5.51. The van der Waals surface area contributed by atoms with Crippen molar-refractivity contribution in [2.75, 3.05) is 11.9 Å². The van der Waals surface area contributed by atoms with Gasteiger partial charge in [-0.3, -0.25) is 4.99 Å². The largest absolute Gasteiger partial charge is 0.455 e. The zero-order valence-electron chi connectivity index (χ0n) is 14.1. The van der Waals surface area contributed by atoms with E-state index in [2.05, 4.69) is 26.2 Å². The molecule has 2 aromatic carbocycles. The first kappa shape index (κ1) is 17.2. The van der Waals surface area contributed by atoms with Crippen LogP contribution in [0.5, 0.6) is 11.5 Å². The Morgan fingerprint density at radius 1 is 1.00 bits per heavy atom. The van der Waals surface area contributed by atoms with E-state index in [-0.39, 0.29) is 0 Å². The summed E-state index contributed by atoms with van der Waals surface area (Å²) in [6.45, 7) is 0.906. The Kier molecular flexibility index (Phi) is 5.32. The average Bonchev–Trinajstić information content (AvgIpc) is 3.13. The Morgan fingerprint density at radius 3 is 2.62 bits per heavy atom. The highest BCUT2D eigenvalue weighted by Gasteiger charge is 2.13. The number of anilines is 1. The van der Waals surface area contributed by atoms with Gasteiger partial charge < -0.3 is 10.1 Å². The molecule has 0 atom stereocenters. The van der Waals surface area contributed by atoms with Crippen molar-refractivity contribution in [1.82, 2.24) is 4.98 Å². The molecule has 0 unspecified atom stereocenters. The minimum atomic E-state index is 0.782. The molecule has 132 valence electrons. The van der Waals surface area contributed by atoms with E-state index in [1.165, 1.54) is 12.8 Å². The summed E-state index contributed by atoms with van der Waals surface area (Å²) in [6, 6.07) is 15.8. The highest BCUT2D eigenvalue weighted by molar-refractivity contribution is 9.10. The summed E-state index contributed by atoms with van der Waals surface area (Å²) in [5, 5.41) is 6.28. The quantitative estimate of drug-likeness (QED) is 0.526. The third kappa shape index (κ3) is 3.97. The molecule has 0 aliphatic carbocycles. The third-order valence-electron chi connectivity index (χ3n) is 4.10. The molecule has 2 heterocycles. The Hall–Kier alpha value is -2.18.